The molecule has 0 atom stereocenters. The number of nitrogens with one attached hydrogen (secondary N) is 1. The van der Waals surface area contributed by atoms with Crippen LogP contribution in [0.5, 0.6) is 0 Å². The molecule has 0 radical (unpaired) electrons. The van der Waals surface area contributed by atoms with Crippen LogP contribution >= 0.6 is 0 Å². The molecule has 1 heterocycles. The van der Waals surface area contributed by atoms with Crippen LogP contribution in [0, 0.1) is 11.6 Å². The number of H-pyrrole nitrogens is 1. The lowest BCUT2D eigenvalue weighted by molar-refractivity contribution is 0.0985. The summed E-state index contributed by atoms with van der Waals surface area (Å²) in [5.74, 6) is -2.76. The molecule has 0 spiro atoms. The number of nitrogens with two attached hydrogens (primary N) is 1. The molecule has 0 unspecified atom stereocenters. The molecule has 1 aromatic carbocycles. The van der Waals surface area contributed by atoms with Crippen molar-refractivity contribution < 1.29 is 13.6 Å². The number of aromatic amines is 1. The molecule has 1 amide bonds. The second kappa shape index (κ2) is 8.61. The van der Waals surface area contributed by atoms with Crippen molar-refractivity contribution in [1.82, 2.24) is 9.55 Å². The van der Waals surface area contributed by atoms with Gasteiger partial charge in [0, 0.05) is 24.7 Å². The van der Waals surface area contributed by atoms with Crippen LogP contribution < -0.4 is 21.9 Å². The Hall–Kier alpha value is -2.97. The molecule has 3 N–H and O–H groups in total. The highest BCUT2D eigenvalue weighted by Gasteiger charge is 2.25. The first-order chi connectivity index (χ1) is 12.8. The molecular formula is C18H22F2N4O3. The normalized spacial score (nSPS) is 10.8. The lowest BCUT2D eigenvalue weighted by atomic mass is 10.1. The fourth-order valence-corrected chi connectivity index (χ4v) is 2.75. The minimum atomic E-state index is -0.911. The number of hydrogen-bond donors (Lipinski definition) is 2. The molecule has 7 nitrogen and oxygen atoms in total. The molecule has 2 rings (SSSR count). The average Bonchev–Trinajstić information content (AvgIpc) is 2.59. The van der Waals surface area contributed by atoms with Gasteiger partial charge in [-0.05, 0) is 25.0 Å². The van der Waals surface area contributed by atoms with E-state index in [2.05, 4.69) is 4.98 Å². The highest BCUT2D eigenvalue weighted by molar-refractivity contribution is 6.07. The van der Waals surface area contributed by atoms with E-state index < -0.39 is 28.8 Å². The van der Waals surface area contributed by atoms with Gasteiger partial charge in [-0.15, -0.1) is 0 Å². The van der Waals surface area contributed by atoms with Crippen LogP contribution in [-0.4, -0.2) is 22.0 Å². The second-order valence-electron chi connectivity index (χ2n) is 6.11. The van der Waals surface area contributed by atoms with Gasteiger partial charge in [0.25, 0.3) is 11.5 Å². The minimum Gasteiger partial charge on any atom is -0.383 e. The number of rotatable bonds is 7. The van der Waals surface area contributed by atoms with Gasteiger partial charge in [-0.3, -0.25) is 19.1 Å². The van der Waals surface area contributed by atoms with E-state index in [1.54, 1.807) is 0 Å². The quantitative estimate of drug-likeness (QED) is 0.769. The highest BCUT2D eigenvalue weighted by Crippen LogP contribution is 2.21. The van der Waals surface area contributed by atoms with E-state index in [9.17, 15) is 23.2 Å². The fraction of sp³-hybridized carbons (Fsp3) is 0.389. The van der Waals surface area contributed by atoms with Gasteiger partial charge in [0.15, 0.2) is 5.69 Å². The Morgan fingerprint density at radius 2 is 1.78 bits per heavy atom. The maximum atomic E-state index is 13.5. The number of unbranched alkanes of at least 4 members (excludes halogenated alkanes) is 1. The number of nitrogen functional groups attached to an aromatic ring is 1. The number of carbonyl (C=O) groups is 1. The summed E-state index contributed by atoms with van der Waals surface area (Å²) in [4.78, 5) is 40.5. The third-order valence-electron chi connectivity index (χ3n) is 4.02. The van der Waals surface area contributed by atoms with E-state index in [-0.39, 0.29) is 30.2 Å². The Kier molecular flexibility index (Phi) is 6.49. The van der Waals surface area contributed by atoms with Gasteiger partial charge in [0.2, 0.25) is 0 Å². The number of benzene rings is 1. The molecule has 2 aromatic rings. The van der Waals surface area contributed by atoms with E-state index in [1.165, 1.54) is 0 Å². The smallest absolute Gasteiger partial charge is 0.330 e. The first-order valence-electron chi connectivity index (χ1n) is 8.70. The standard InChI is InChI=1S/C18H22F2N4O3/c1-3-5-7-23(17(26)11-8-12(19)10-13(20)9-11)14-15(21)24(6-4-2)18(27)22-16(14)25/h8-10H,3-7,21H2,1-2H3,(H,22,25,27). The van der Waals surface area contributed by atoms with Crippen LogP contribution in [-0.2, 0) is 6.54 Å². The molecule has 0 fully saturated rings. The number of carbonyl (C=O) groups excluding carboxylic acids is 1. The summed E-state index contributed by atoms with van der Waals surface area (Å²) in [6, 6.07) is 2.42. The van der Waals surface area contributed by atoms with Crippen LogP contribution in [0.1, 0.15) is 43.5 Å². The number of amides is 1. The molecule has 0 saturated carbocycles. The van der Waals surface area contributed by atoms with Crippen molar-refractivity contribution in [3.63, 3.8) is 0 Å². The van der Waals surface area contributed by atoms with Crippen molar-refractivity contribution in [2.45, 2.75) is 39.7 Å². The average molecular weight is 380 g/mol. The molecule has 146 valence electrons. The SMILES string of the molecule is CCCCN(C(=O)c1cc(F)cc(F)c1)c1c(N)n(CCC)c(=O)[nH]c1=O. The molecule has 27 heavy (non-hydrogen) atoms. The lowest BCUT2D eigenvalue weighted by Gasteiger charge is -2.24. The van der Waals surface area contributed by atoms with Gasteiger partial charge in [0.1, 0.15) is 17.5 Å². The highest BCUT2D eigenvalue weighted by atomic mass is 19.1. The van der Waals surface area contributed by atoms with Crippen LogP contribution in [0.15, 0.2) is 27.8 Å². The van der Waals surface area contributed by atoms with Gasteiger partial charge in [-0.25, -0.2) is 13.6 Å². The Labute approximate surface area is 154 Å². The molecular weight excluding hydrogens is 358 g/mol. The van der Waals surface area contributed by atoms with Crippen molar-refractivity contribution in [2.75, 3.05) is 17.2 Å². The minimum absolute atomic E-state index is 0.102. The zero-order valence-corrected chi connectivity index (χ0v) is 15.2. The van der Waals surface area contributed by atoms with Crippen molar-refractivity contribution in [3.8, 4) is 0 Å². The summed E-state index contributed by atoms with van der Waals surface area (Å²) in [5.41, 5.74) is 4.06. The largest absolute Gasteiger partial charge is 0.383 e. The van der Waals surface area contributed by atoms with Crippen LogP contribution in [0.4, 0.5) is 20.3 Å². The molecule has 0 aliphatic carbocycles. The van der Waals surface area contributed by atoms with E-state index in [0.717, 1.165) is 21.6 Å². The van der Waals surface area contributed by atoms with E-state index in [0.29, 0.717) is 25.3 Å². The Bertz CT molecular complexity index is 932. The number of aromatic nitrogens is 2. The summed E-state index contributed by atoms with van der Waals surface area (Å²) < 4.78 is 28.2. The summed E-state index contributed by atoms with van der Waals surface area (Å²) in [5, 5.41) is 0. The van der Waals surface area contributed by atoms with Gasteiger partial charge < -0.3 is 10.6 Å². The zero-order valence-electron chi connectivity index (χ0n) is 15.2. The number of hydrogen-bond acceptors (Lipinski definition) is 4. The molecule has 0 aliphatic rings. The van der Waals surface area contributed by atoms with Crippen molar-refractivity contribution in [2.24, 2.45) is 0 Å². The summed E-state index contributed by atoms with van der Waals surface area (Å²) in [6.45, 7) is 4.06. The monoisotopic (exact) mass is 380 g/mol. The predicted octanol–water partition coefficient (Wildman–Crippen LogP) is 2.25. The first kappa shape index (κ1) is 20.3. The third-order valence-corrected chi connectivity index (χ3v) is 4.02. The zero-order chi connectivity index (χ0) is 20.1. The maximum Gasteiger partial charge on any atom is 0.330 e. The molecule has 0 aliphatic heterocycles. The van der Waals surface area contributed by atoms with E-state index in [4.69, 9.17) is 5.73 Å². The number of anilines is 2. The first-order valence-corrected chi connectivity index (χ1v) is 8.70. The summed E-state index contributed by atoms with van der Waals surface area (Å²) >= 11 is 0. The second-order valence-corrected chi connectivity index (χ2v) is 6.11. The molecule has 9 heteroatoms. The van der Waals surface area contributed by atoms with E-state index in [1.807, 2.05) is 13.8 Å². The van der Waals surface area contributed by atoms with Crippen LogP contribution in [0.25, 0.3) is 0 Å². The van der Waals surface area contributed by atoms with Gasteiger partial charge in [-0.2, -0.15) is 0 Å². The van der Waals surface area contributed by atoms with Gasteiger partial charge in [0.05, 0.1) is 0 Å². The van der Waals surface area contributed by atoms with E-state index >= 15 is 0 Å². The van der Waals surface area contributed by atoms with Crippen molar-refractivity contribution >= 4 is 17.4 Å². The number of halogens is 2. The maximum absolute atomic E-state index is 13.5. The van der Waals surface area contributed by atoms with Crippen molar-refractivity contribution in [1.29, 1.82) is 0 Å². The number of nitrogens with zero attached hydrogens (tertiary/aromatic N) is 2. The molecule has 0 saturated heterocycles. The Morgan fingerprint density at radius 3 is 2.33 bits per heavy atom. The van der Waals surface area contributed by atoms with Crippen molar-refractivity contribution in [3.05, 3.63) is 56.2 Å². The topological polar surface area (TPSA) is 101 Å². The van der Waals surface area contributed by atoms with Crippen LogP contribution in [0.2, 0.25) is 0 Å². The molecule has 0 bridgehead atoms. The Balaban J connectivity index is 2.63. The third kappa shape index (κ3) is 4.42. The predicted molar refractivity (Wildman–Crippen MR) is 99.0 cm³/mol. The molecule has 1 aromatic heterocycles. The lowest BCUT2D eigenvalue weighted by Crippen LogP contribution is -2.41. The van der Waals surface area contributed by atoms with Gasteiger partial charge in [-0.1, -0.05) is 20.3 Å². The summed E-state index contributed by atoms with van der Waals surface area (Å²) in [6.07, 6.45) is 1.80. The van der Waals surface area contributed by atoms with Crippen LogP contribution in [0.3, 0.4) is 0 Å². The Morgan fingerprint density at radius 1 is 1.15 bits per heavy atom. The summed E-state index contributed by atoms with van der Waals surface area (Å²) in [7, 11) is 0. The van der Waals surface area contributed by atoms with Gasteiger partial charge >= 0.3 is 5.69 Å². The fourth-order valence-electron chi connectivity index (χ4n) is 2.75.